The van der Waals surface area contributed by atoms with E-state index in [2.05, 4.69) is 30.8 Å². The molecule has 2 aromatic carbocycles. The summed E-state index contributed by atoms with van der Waals surface area (Å²) in [7, 11) is -3.62. The van der Waals surface area contributed by atoms with Gasteiger partial charge in [0.25, 0.3) is 10.0 Å². The minimum absolute atomic E-state index is 0.206. The number of H-pyrrole nitrogens is 1. The van der Waals surface area contributed by atoms with Gasteiger partial charge in [-0.3, -0.25) is 9.82 Å². The van der Waals surface area contributed by atoms with Crippen LogP contribution in [0.2, 0.25) is 0 Å². The van der Waals surface area contributed by atoms with Gasteiger partial charge in [-0.15, -0.1) is 0 Å². The molecule has 7 heteroatoms. The van der Waals surface area contributed by atoms with Gasteiger partial charge < -0.3 is 0 Å². The Morgan fingerprint density at radius 2 is 1.85 bits per heavy atom. The molecule has 0 aliphatic carbocycles. The topological polar surface area (TPSA) is 74.8 Å². The van der Waals surface area contributed by atoms with Crippen molar-refractivity contribution in [3.05, 3.63) is 53.1 Å². The highest BCUT2D eigenvalue weighted by atomic mass is 79.9. The maximum Gasteiger partial charge on any atom is 0.261 e. The predicted octanol–water partition coefficient (Wildman–Crippen LogP) is 3.13. The minimum Gasteiger partial charge on any atom is -0.277 e. The summed E-state index contributed by atoms with van der Waals surface area (Å²) in [6, 6.07) is 11.8. The van der Waals surface area contributed by atoms with E-state index in [-0.39, 0.29) is 4.90 Å². The van der Waals surface area contributed by atoms with E-state index in [1.54, 1.807) is 42.6 Å². The van der Waals surface area contributed by atoms with Crippen molar-refractivity contribution in [1.82, 2.24) is 10.2 Å². The molecule has 20 heavy (non-hydrogen) atoms. The number of sulfonamides is 1. The first-order valence-electron chi connectivity index (χ1n) is 5.77. The number of nitrogens with one attached hydrogen (secondary N) is 2. The number of anilines is 1. The minimum atomic E-state index is -3.62. The van der Waals surface area contributed by atoms with Gasteiger partial charge in [0.05, 0.1) is 22.3 Å². The van der Waals surface area contributed by atoms with Crippen molar-refractivity contribution < 1.29 is 8.42 Å². The second-order valence-electron chi connectivity index (χ2n) is 4.20. The number of para-hydroxylation sites is 1. The fourth-order valence-corrected chi connectivity index (χ4v) is 3.21. The van der Waals surface area contributed by atoms with Crippen LogP contribution >= 0.6 is 15.9 Å². The Labute approximate surface area is 124 Å². The number of fused-ring (bicyclic) bond motifs is 1. The molecule has 102 valence electrons. The van der Waals surface area contributed by atoms with Crippen LogP contribution in [0.1, 0.15) is 0 Å². The monoisotopic (exact) mass is 351 g/mol. The summed E-state index contributed by atoms with van der Waals surface area (Å²) in [6.07, 6.45) is 1.65. The van der Waals surface area contributed by atoms with E-state index >= 15 is 0 Å². The fourth-order valence-electron chi connectivity index (χ4n) is 1.87. The third-order valence-corrected chi connectivity index (χ3v) is 4.76. The zero-order chi connectivity index (χ0) is 14.2. The van der Waals surface area contributed by atoms with E-state index < -0.39 is 10.0 Å². The zero-order valence-electron chi connectivity index (χ0n) is 10.2. The highest BCUT2D eigenvalue weighted by molar-refractivity contribution is 9.10. The molecule has 0 atom stereocenters. The third-order valence-electron chi connectivity index (χ3n) is 2.84. The van der Waals surface area contributed by atoms with Crippen LogP contribution in [0.15, 0.2) is 58.0 Å². The summed E-state index contributed by atoms with van der Waals surface area (Å²) in [5.41, 5.74) is 1.14. The molecule has 3 aromatic rings. The summed E-state index contributed by atoms with van der Waals surface area (Å²) in [5, 5.41) is 7.55. The SMILES string of the molecule is O=S(=O)(Nc1cccc2cn[nH]c12)c1ccc(Br)cc1. The van der Waals surface area contributed by atoms with Crippen LogP contribution < -0.4 is 4.72 Å². The number of halogens is 1. The molecule has 0 aliphatic heterocycles. The number of aromatic nitrogens is 2. The summed E-state index contributed by atoms with van der Waals surface area (Å²) in [6.45, 7) is 0. The lowest BCUT2D eigenvalue weighted by Crippen LogP contribution is -2.13. The smallest absolute Gasteiger partial charge is 0.261 e. The van der Waals surface area contributed by atoms with Crippen molar-refractivity contribution in [2.75, 3.05) is 4.72 Å². The Balaban J connectivity index is 2.01. The van der Waals surface area contributed by atoms with Gasteiger partial charge in [-0.25, -0.2) is 8.42 Å². The van der Waals surface area contributed by atoms with E-state index in [4.69, 9.17) is 0 Å². The summed E-state index contributed by atoms with van der Waals surface area (Å²) in [5.74, 6) is 0. The van der Waals surface area contributed by atoms with Gasteiger partial charge in [0.1, 0.15) is 0 Å². The Hall–Kier alpha value is -1.86. The third kappa shape index (κ3) is 2.41. The number of aromatic amines is 1. The van der Waals surface area contributed by atoms with Crippen molar-refractivity contribution in [2.24, 2.45) is 0 Å². The second kappa shape index (κ2) is 4.92. The molecule has 0 unspecified atom stereocenters. The van der Waals surface area contributed by atoms with Crippen molar-refractivity contribution in [3.8, 4) is 0 Å². The molecule has 0 radical (unpaired) electrons. The highest BCUT2D eigenvalue weighted by Gasteiger charge is 2.15. The first-order chi connectivity index (χ1) is 9.56. The van der Waals surface area contributed by atoms with E-state index in [0.717, 1.165) is 9.86 Å². The molecule has 1 heterocycles. The van der Waals surface area contributed by atoms with Gasteiger partial charge in [0, 0.05) is 9.86 Å². The average molecular weight is 352 g/mol. The van der Waals surface area contributed by atoms with Crippen LogP contribution in [0.25, 0.3) is 10.9 Å². The second-order valence-corrected chi connectivity index (χ2v) is 6.80. The van der Waals surface area contributed by atoms with Crippen molar-refractivity contribution in [2.45, 2.75) is 4.90 Å². The molecule has 0 saturated carbocycles. The summed E-state index contributed by atoms with van der Waals surface area (Å²) < 4.78 is 28.0. The number of hydrogen-bond donors (Lipinski definition) is 2. The molecule has 0 aliphatic rings. The van der Waals surface area contributed by atoms with Crippen LogP contribution in [-0.4, -0.2) is 18.6 Å². The molecule has 0 bridgehead atoms. The number of hydrogen-bond acceptors (Lipinski definition) is 3. The molecule has 3 rings (SSSR count). The Bertz CT molecular complexity index is 857. The van der Waals surface area contributed by atoms with Crippen molar-refractivity contribution >= 4 is 42.5 Å². The van der Waals surface area contributed by atoms with Gasteiger partial charge in [0.2, 0.25) is 0 Å². The number of benzene rings is 2. The number of rotatable bonds is 3. The molecule has 2 N–H and O–H groups in total. The maximum absolute atomic E-state index is 12.3. The lowest BCUT2D eigenvalue weighted by Gasteiger charge is -2.08. The quantitative estimate of drug-likeness (QED) is 0.761. The first-order valence-corrected chi connectivity index (χ1v) is 8.04. The normalized spacial score (nSPS) is 11.7. The molecule has 0 amide bonds. The van der Waals surface area contributed by atoms with E-state index in [1.165, 1.54) is 0 Å². The average Bonchev–Trinajstić information content (AvgIpc) is 2.88. The van der Waals surface area contributed by atoms with Gasteiger partial charge in [-0.05, 0) is 30.3 Å². The molecular weight excluding hydrogens is 342 g/mol. The number of nitrogens with zero attached hydrogens (tertiary/aromatic N) is 1. The van der Waals surface area contributed by atoms with Gasteiger partial charge in [0.15, 0.2) is 0 Å². The van der Waals surface area contributed by atoms with E-state index in [9.17, 15) is 8.42 Å². The lowest BCUT2D eigenvalue weighted by atomic mass is 10.2. The zero-order valence-corrected chi connectivity index (χ0v) is 12.6. The lowest BCUT2D eigenvalue weighted by molar-refractivity contribution is 0.601. The van der Waals surface area contributed by atoms with E-state index in [0.29, 0.717) is 11.2 Å². The molecule has 0 fully saturated rings. The summed E-state index contributed by atoms with van der Waals surface area (Å²) >= 11 is 3.28. The first kappa shape index (κ1) is 13.1. The van der Waals surface area contributed by atoms with Gasteiger partial charge >= 0.3 is 0 Å². The maximum atomic E-state index is 12.3. The molecular formula is C13H10BrN3O2S. The van der Waals surface area contributed by atoms with Crippen molar-refractivity contribution in [1.29, 1.82) is 0 Å². The Morgan fingerprint density at radius 3 is 2.60 bits per heavy atom. The van der Waals surface area contributed by atoms with Crippen LogP contribution in [0.3, 0.4) is 0 Å². The molecule has 0 saturated heterocycles. The predicted molar refractivity (Wildman–Crippen MR) is 81.0 cm³/mol. The molecule has 1 aromatic heterocycles. The molecule has 5 nitrogen and oxygen atoms in total. The van der Waals surface area contributed by atoms with Crippen LogP contribution in [0, 0.1) is 0 Å². The van der Waals surface area contributed by atoms with E-state index in [1.807, 2.05) is 6.07 Å². The highest BCUT2D eigenvalue weighted by Crippen LogP contribution is 2.24. The van der Waals surface area contributed by atoms with Crippen LogP contribution in [0.5, 0.6) is 0 Å². The largest absolute Gasteiger partial charge is 0.277 e. The van der Waals surface area contributed by atoms with Crippen molar-refractivity contribution in [3.63, 3.8) is 0 Å². The van der Waals surface area contributed by atoms with Gasteiger partial charge in [-0.1, -0.05) is 28.1 Å². The van der Waals surface area contributed by atoms with Crippen LogP contribution in [0.4, 0.5) is 5.69 Å². The molecule has 0 spiro atoms. The Morgan fingerprint density at radius 1 is 1.10 bits per heavy atom. The van der Waals surface area contributed by atoms with Gasteiger partial charge in [-0.2, -0.15) is 5.10 Å². The Kier molecular flexibility index (Phi) is 3.23. The summed E-state index contributed by atoms with van der Waals surface area (Å²) in [4.78, 5) is 0.206. The standard InChI is InChI=1S/C13H10BrN3O2S/c14-10-4-6-11(7-5-10)20(18,19)17-12-3-1-2-9-8-15-16-13(9)12/h1-8,17H,(H,15,16). The fraction of sp³-hybridized carbons (Fsp3) is 0. The van der Waals surface area contributed by atoms with Crippen LogP contribution in [-0.2, 0) is 10.0 Å².